The van der Waals surface area contributed by atoms with E-state index in [1.807, 2.05) is 0 Å². The molecule has 17 heavy (non-hydrogen) atoms. The van der Waals surface area contributed by atoms with Gasteiger partial charge in [-0.05, 0) is 25.1 Å². The molecule has 2 nitrogen and oxygen atoms in total. The van der Waals surface area contributed by atoms with E-state index < -0.39 is 35.4 Å². The number of hydrogen-bond donors (Lipinski definition) is 0. The van der Waals surface area contributed by atoms with Crippen LogP contribution in [0.2, 0.25) is 0 Å². The Morgan fingerprint density at radius 1 is 1.29 bits per heavy atom. The fraction of sp³-hybridized carbons (Fsp3) is 0.300. The molecular formula is C10H7F5O2. The minimum absolute atomic E-state index is 0.486. The summed E-state index contributed by atoms with van der Waals surface area (Å²) in [6.45, 7) is -2.24. The fourth-order valence-electron chi connectivity index (χ4n) is 1.18. The first-order valence-corrected chi connectivity index (χ1v) is 4.39. The maximum absolute atomic E-state index is 12.3. The molecule has 0 atom stereocenters. The molecule has 0 aliphatic rings. The summed E-state index contributed by atoms with van der Waals surface area (Å²) in [5.74, 6) is -1.35. The predicted octanol–water partition coefficient (Wildman–Crippen LogP) is 3.51. The van der Waals surface area contributed by atoms with E-state index in [1.165, 1.54) is 0 Å². The summed E-state index contributed by atoms with van der Waals surface area (Å²) in [4.78, 5) is 11.0. The first-order chi connectivity index (χ1) is 7.71. The second-order valence-corrected chi connectivity index (χ2v) is 3.14. The molecule has 7 heteroatoms. The lowest BCUT2D eigenvalue weighted by atomic mass is 10.1. The zero-order chi connectivity index (χ0) is 13.2. The van der Waals surface area contributed by atoms with Gasteiger partial charge < -0.3 is 4.74 Å². The van der Waals surface area contributed by atoms with Crippen molar-refractivity contribution in [1.29, 1.82) is 0 Å². The first kappa shape index (κ1) is 13.4. The Hall–Kier alpha value is -1.66. The highest BCUT2D eigenvalue weighted by Gasteiger charge is 2.31. The number of halogens is 5. The van der Waals surface area contributed by atoms with E-state index >= 15 is 0 Å². The molecule has 1 aromatic rings. The Morgan fingerprint density at radius 2 is 1.88 bits per heavy atom. The quantitative estimate of drug-likeness (QED) is 0.609. The number of rotatable bonds is 3. The van der Waals surface area contributed by atoms with Gasteiger partial charge in [-0.3, -0.25) is 4.79 Å². The smallest absolute Gasteiger partial charge is 0.416 e. The van der Waals surface area contributed by atoms with Crippen molar-refractivity contribution in [3.8, 4) is 5.75 Å². The molecule has 0 aromatic heterocycles. The van der Waals surface area contributed by atoms with E-state index in [2.05, 4.69) is 4.74 Å². The Balaban J connectivity index is 3.22. The Kier molecular flexibility index (Phi) is 3.69. The number of hydrogen-bond acceptors (Lipinski definition) is 2. The van der Waals surface area contributed by atoms with Gasteiger partial charge in [0.1, 0.15) is 5.75 Å². The second-order valence-electron chi connectivity index (χ2n) is 3.14. The molecule has 0 fully saturated rings. The molecular weight excluding hydrogens is 247 g/mol. The van der Waals surface area contributed by atoms with Crippen LogP contribution in [-0.4, -0.2) is 12.4 Å². The highest BCUT2D eigenvalue weighted by molar-refractivity contribution is 5.97. The van der Waals surface area contributed by atoms with Crippen LogP contribution in [0.4, 0.5) is 22.0 Å². The average molecular weight is 254 g/mol. The summed E-state index contributed by atoms with van der Waals surface area (Å²) >= 11 is 0. The molecule has 0 aliphatic carbocycles. The topological polar surface area (TPSA) is 26.3 Å². The van der Waals surface area contributed by atoms with Crippen LogP contribution in [0.1, 0.15) is 22.8 Å². The van der Waals surface area contributed by atoms with Crippen molar-refractivity contribution < 1.29 is 31.5 Å². The molecule has 0 amide bonds. The zero-order valence-electron chi connectivity index (χ0n) is 8.52. The van der Waals surface area contributed by atoms with Gasteiger partial charge in [-0.2, -0.15) is 22.0 Å². The highest BCUT2D eigenvalue weighted by atomic mass is 19.4. The molecule has 0 spiro atoms. The van der Waals surface area contributed by atoms with Gasteiger partial charge >= 0.3 is 12.8 Å². The van der Waals surface area contributed by atoms with Crippen LogP contribution in [0.25, 0.3) is 0 Å². The van der Waals surface area contributed by atoms with Crippen LogP contribution in [0.15, 0.2) is 18.2 Å². The third-order valence-corrected chi connectivity index (χ3v) is 1.90. The second kappa shape index (κ2) is 4.68. The van der Waals surface area contributed by atoms with Crippen LogP contribution in [0, 0.1) is 0 Å². The number of ketones is 1. The van der Waals surface area contributed by atoms with Gasteiger partial charge in [0.05, 0.1) is 11.1 Å². The van der Waals surface area contributed by atoms with E-state index in [9.17, 15) is 26.7 Å². The monoisotopic (exact) mass is 254 g/mol. The van der Waals surface area contributed by atoms with E-state index in [0.717, 1.165) is 6.92 Å². The normalized spacial score (nSPS) is 11.7. The van der Waals surface area contributed by atoms with Gasteiger partial charge in [-0.1, -0.05) is 0 Å². The standard InChI is InChI=1S/C10H7F5O2/c1-5(16)7-4-6(10(13,14)15)2-3-8(7)17-9(11)12/h2-4,9H,1H3. The van der Waals surface area contributed by atoms with E-state index in [1.54, 1.807) is 0 Å². The van der Waals surface area contributed by atoms with Crippen molar-refractivity contribution in [2.24, 2.45) is 0 Å². The Morgan fingerprint density at radius 3 is 2.29 bits per heavy atom. The summed E-state index contributed by atoms with van der Waals surface area (Å²) in [5.41, 5.74) is -1.62. The Labute approximate surface area is 93.0 Å². The molecule has 0 N–H and O–H groups in total. The molecule has 0 saturated heterocycles. The van der Waals surface area contributed by atoms with Gasteiger partial charge in [-0.25, -0.2) is 0 Å². The zero-order valence-corrected chi connectivity index (χ0v) is 8.52. The van der Waals surface area contributed by atoms with E-state index in [-0.39, 0.29) is 0 Å². The molecule has 0 radical (unpaired) electrons. The minimum Gasteiger partial charge on any atom is -0.434 e. The van der Waals surface area contributed by atoms with Crippen LogP contribution >= 0.6 is 0 Å². The van der Waals surface area contributed by atoms with E-state index in [4.69, 9.17) is 0 Å². The predicted molar refractivity (Wildman–Crippen MR) is 48.1 cm³/mol. The van der Waals surface area contributed by atoms with Gasteiger partial charge in [0.25, 0.3) is 0 Å². The summed E-state index contributed by atoms with van der Waals surface area (Å²) in [6.07, 6.45) is -4.65. The number of benzene rings is 1. The van der Waals surface area contributed by atoms with Crippen LogP contribution in [0.5, 0.6) is 5.75 Å². The molecule has 0 heterocycles. The van der Waals surface area contributed by atoms with Crippen molar-refractivity contribution in [3.05, 3.63) is 29.3 Å². The number of Topliss-reactive ketones (excluding diaryl/α,β-unsaturated/α-hetero) is 1. The van der Waals surface area contributed by atoms with Crippen molar-refractivity contribution in [3.63, 3.8) is 0 Å². The molecule has 1 rings (SSSR count). The van der Waals surface area contributed by atoms with Gasteiger partial charge in [0, 0.05) is 0 Å². The lowest BCUT2D eigenvalue weighted by Gasteiger charge is -2.12. The third-order valence-electron chi connectivity index (χ3n) is 1.90. The lowest BCUT2D eigenvalue weighted by Crippen LogP contribution is -2.10. The number of carbonyl (C=O) groups is 1. The van der Waals surface area contributed by atoms with Crippen LogP contribution < -0.4 is 4.74 Å². The summed E-state index contributed by atoms with van der Waals surface area (Å²) in [6, 6.07) is 1.76. The van der Waals surface area contributed by atoms with Gasteiger partial charge in [0.15, 0.2) is 5.78 Å². The maximum Gasteiger partial charge on any atom is 0.416 e. The van der Waals surface area contributed by atoms with Gasteiger partial charge in [0.2, 0.25) is 0 Å². The van der Waals surface area contributed by atoms with Crippen molar-refractivity contribution in [1.82, 2.24) is 0 Å². The highest BCUT2D eigenvalue weighted by Crippen LogP contribution is 2.33. The largest absolute Gasteiger partial charge is 0.434 e. The minimum atomic E-state index is -4.65. The molecule has 1 aromatic carbocycles. The maximum atomic E-state index is 12.3. The average Bonchev–Trinajstić information content (AvgIpc) is 2.15. The van der Waals surface area contributed by atoms with Crippen molar-refractivity contribution in [2.45, 2.75) is 19.7 Å². The lowest BCUT2D eigenvalue weighted by molar-refractivity contribution is -0.137. The molecule has 94 valence electrons. The number of alkyl halides is 5. The number of ether oxygens (including phenoxy) is 1. The van der Waals surface area contributed by atoms with Crippen molar-refractivity contribution in [2.75, 3.05) is 0 Å². The SMILES string of the molecule is CC(=O)c1cc(C(F)(F)F)ccc1OC(F)F. The van der Waals surface area contributed by atoms with Gasteiger partial charge in [-0.15, -0.1) is 0 Å². The Bertz CT molecular complexity index is 425. The van der Waals surface area contributed by atoms with E-state index in [0.29, 0.717) is 18.2 Å². The third kappa shape index (κ3) is 3.40. The summed E-state index contributed by atoms with van der Waals surface area (Å²) < 4.78 is 64.8. The fourth-order valence-corrected chi connectivity index (χ4v) is 1.18. The summed E-state index contributed by atoms with van der Waals surface area (Å²) in [7, 11) is 0. The molecule has 0 saturated carbocycles. The van der Waals surface area contributed by atoms with Crippen LogP contribution in [-0.2, 0) is 6.18 Å². The molecule has 0 aliphatic heterocycles. The molecule has 0 bridgehead atoms. The molecule has 0 unspecified atom stereocenters. The van der Waals surface area contributed by atoms with Crippen LogP contribution in [0.3, 0.4) is 0 Å². The number of carbonyl (C=O) groups excluding carboxylic acids is 1. The first-order valence-electron chi connectivity index (χ1n) is 4.39. The van der Waals surface area contributed by atoms with Crippen molar-refractivity contribution >= 4 is 5.78 Å². The summed E-state index contributed by atoms with van der Waals surface area (Å²) in [5, 5.41) is 0.